The molecule has 0 spiro atoms. The van der Waals surface area contributed by atoms with Gasteiger partial charge >= 0.3 is 11.9 Å². The van der Waals surface area contributed by atoms with Crippen LogP contribution in [0.2, 0.25) is 0 Å². The van der Waals surface area contributed by atoms with Gasteiger partial charge in [0.05, 0.1) is 26.2 Å². The highest BCUT2D eigenvalue weighted by Gasteiger charge is 2.48. The monoisotopic (exact) mass is 503 g/mol. The van der Waals surface area contributed by atoms with Crippen LogP contribution in [0.3, 0.4) is 0 Å². The summed E-state index contributed by atoms with van der Waals surface area (Å²) < 4.78 is 21.6. The van der Waals surface area contributed by atoms with Crippen LogP contribution in [0.4, 0.5) is 11.4 Å². The van der Waals surface area contributed by atoms with E-state index < -0.39 is 45.5 Å². The number of rotatable bonds is 9. The van der Waals surface area contributed by atoms with Gasteiger partial charge in [0.1, 0.15) is 18.1 Å². The molecule has 0 aromatic heterocycles. The molecule has 0 bridgehead atoms. The Morgan fingerprint density at radius 1 is 1.00 bits per heavy atom. The quantitative estimate of drug-likeness (QED) is 0.211. The van der Waals surface area contributed by atoms with Gasteiger partial charge in [0, 0.05) is 31.4 Å². The third-order valence-electron chi connectivity index (χ3n) is 4.94. The van der Waals surface area contributed by atoms with Crippen molar-refractivity contribution >= 4 is 35.1 Å². The van der Waals surface area contributed by atoms with Gasteiger partial charge in [0.2, 0.25) is 0 Å². The lowest BCUT2D eigenvalue weighted by Crippen LogP contribution is -2.37. The lowest BCUT2D eigenvalue weighted by atomic mass is 10.1. The number of carbonyl (C=O) groups is 2. The van der Waals surface area contributed by atoms with Crippen molar-refractivity contribution in [3.05, 3.63) is 79.9 Å². The summed E-state index contributed by atoms with van der Waals surface area (Å²) in [5, 5.41) is 31.9. The van der Waals surface area contributed by atoms with Crippen LogP contribution in [0.15, 0.2) is 48.5 Å². The van der Waals surface area contributed by atoms with E-state index in [1.54, 1.807) is 0 Å². The van der Waals surface area contributed by atoms with Crippen LogP contribution < -0.4 is 0 Å². The number of carbonyl (C=O) groups excluding carboxylic acids is 2. The molecule has 3 rings (SSSR count). The van der Waals surface area contributed by atoms with Crippen molar-refractivity contribution in [2.45, 2.75) is 23.7 Å². The van der Waals surface area contributed by atoms with Gasteiger partial charge in [-0.1, -0.05) is 0 Å². The maximum absolute atomic E-state index is 12.6. The molecule has 35 heavy (non-hydrogen) atoms. The molecule has 13 nitrogen and oxygen atoms in total. The fourth-order valence-corrected chi connectivity index (χ4v) is 3.95. The maximum atomic E-state index is 12.6. The van der Waals surface area contributed by atoms with Crippen LogP contribution in [-0.4, -0.2) is 59.2 Å². The molecule has 4 atom stereocenters. The van der Waals surface area contributed by atoms with Gasteiger partial charge in [-0.15, -0.1) is 0 Å². The number of benzene rings is 2. The van der Waals surface area contributed by atoms with Gasteiger partial charge in [-0.05, 0) is 36.0 Å². The molecule has 182 valence electrons. The summed E-state index contributed by atoms with van der Waals surface area (Å²) in [6.45, 7) is -0.319. The highest BCUT2D eigenvalue weighted by molar-refractivity contribution is 8.04. The molecular weight excluding hydrogens is 486 g/mol. The number of nitro groups is 2. The number of nitriles is 1. The Hall–Kier alpha value is -4.06. The number of hydrogen-bond donors (Lipinski definition) is 0. The van der Waals surface area contributed by atoms with Crippen LogP contribution in [0.25, 0.3) is 0 Å². The average Bonchev–Trinajstić information content (AvgIpc) is 3.18. The molecule has 0 saturated carbocycles. The summed E-state index contributed by atoms with van der Waals surface area (Å²) in [6.07, 6.45) is -3.03. The van der Waals surface area contributed by atoms with Crippen molar-refractivity contribution in [2.24, 2.45) is 0 Å². The molecule has 1 aliphatic heterocycles. The lowest BCUT2D eigenvalue weighted by Gasteiger charge is -2.21. The Balaban J connectivity index is 1.68. The number of thioether (sulfide) groups is 1. The molecule has 0 aliphatic carbocycles. The molecule has 0 N–H and O–H groups in total. The van der Waals surface area contributed by atoms with Crippen LogP contribution in [0, 0.1) is 30.9 Å². The third kappa shape index (κ3) is 6.09. The highest BCUT2D eigenvalue weighted by atomic mass is 32.2. The Bertz CT molecular complexity index is 1150. The van der Waals surface area contributed by atoms with E-state index in [2.05, 4.69) is 0 Å². The largest absolute Gasteiger partial charge is 0.459 e. The van der Waals surface area contributed by atoms with E-state index in [0.717, 1.165) is 36.0 Å². The second kappa shape index (κ2) is 11.4. The van der Waals surface area contributed by atoms with E-state index >= 15 is 0 Å². The van der Waals surface area contributed by atoms with E-state index in [4.69, 9.17) is 18.9 Å². The van der Waals surface area contributed by atoms with Gasteiger partial charge in [0.15, 0.2) is 12.4 Å². The maximum Gasteiger partial charge on any atom is 0.338 e. The summed E-state index contributed by atoms with van der Waals surface area (Å²) in [4.78, 5) is 45.3. The first-order valence-corrected chi connectivity index (χ1v) is 10.7. The molecule has 2 aromatic carbocycles. The Kier molecular flexibility index (Phi) is 8.31. The topological polar surface area (TPSA) is 181 Å². The van der Waals surface area contributed by atoms with Crippen molar-refractivity contribution in [3.63, 3.8) is 0 Å². The first-order valence-electron chi connectivity index (χ1n) is 9.85. The van der Waals surface area contributed by atoms with E-state index in [1.807, 2.05) is 5.40 Å². The highest BCUT2D eigenvalue weighted by Crippen LogP contribution is 2.34. The minimum Gasteiger partial charge on any atom is -0.459 e. The SMILES string of the molecule is COC1OC(COC(=O)c2ccc([N+](=O)[O-])cc2)C(SC#N)C1OC(=O)c1ccc([N+](=O)[O-])cc1. The number of non-ortho nitro benzene ring substituents is 2. The Labute approximate surface area is 201 Å². The van der Waals surface area contributed by atoms with Crippen LogP contribution in [-0.2, 0) is 18.9 Å². The lowest BCUT2D eigenvalue weighted by molar-refractivity contribution is -0.385. The standard InChI is InChI=1S/C21H17N3O10S/c1-31-21-17(34-20(26)13-4-8-15(9-5-13)24(29)30)18(35-11-22)16(33-21)10-32-19(25)12-2-6-14(7-3-12)23(27)28/h2-9,16-18,21H,10H2,1H3. The van der Waals surface area contributed by atoms with Crippen molar-refractivity contribution in [1.29, 1.82) is 5.26 Å². The van der Waals surface area contributed by atoms with Crippen LogP contribution >= 0.6 is 11.8 Å². The number of nitrogens with zero attached hydrogens (tertiary/aromatic N) is 3. The van der Waals surface area contributed by atoms with Crippen LogP contribution in [0.1, 0.15) is 20.7 Å². The van der Waals surface area contributed by atoms with Gasteiger partial charge in [-0.25, -0.2) is 9.59 Å². The molecule has 14 heteroatoms. The molecule has 1 aliphatic rings. The summed E-state index contributed by atoms with van der Waals surface area (Å²) in [5.41, 5.74) is -0.276. The predicted octanol–water partition coefficient (Wildman–Crippen LogP) is 2.84. The first kappa shape index (κ1) is 25.6. The zero-order chi connectivity index (χ0) is 25.5. The van der Waals surface area contributed by atoms with Gasteiger partial charge in [0.25, 0.3) is 11.4 Å². The molecule has 1 saturated heterocycles. The van der Waals surface area contributed by atoms with E-state index in [0.29, 0.717) is 0 Å². The van der Waals surface area contributed by atoms with Gasteiger partial charge < -0.3 is 18.9 Å². The van der Waals surface area contributed by atoms with Crippen LogP contribution in [0.5, 0.6) is 0 Å². The Morgan fingerprint density at radius 2 is 1.51 bits per heavy atom. The van der Waals surface area contributed by atoms with E-state index in [9.17, 15) is 35.1 Å². The number of esters is 2. The molecule has 1 fully saturated rings. The number of methoxy groups -OCH3 is 1. The molecular formula is C21H17N3O10S. The number of ether oxygens (including phenoxy) is 4. The molecule has 0 radical (unpaired) electrons. The molecule has 1 heterocycles. The zero-order valence-corrected chi connectivity index (χ0v) is 18.8. The zero-order valence-electron chi connectivity index (χ0n) is 18.0. The number of hydrogen-bond acceptors (Lipinski definition) is 12. The van der Waals surface area contributed by atoms with Crippen molar-refractivity contribution in [1.82, 2.24) is 0 Å². The minimum atomic E-state index is -1.08. The summed E-state index contributed by atoms with van der Waals surface area (Å²) in [7, 11) is 1.30. The summed E-state index contributed by atoms with van der Waals surface area (Å²) >= 11 is 0.738. The average molecular weight is 503 g/mol. The predicted molar refractivity (Wildman–Crippen MR) is 118 cm³/mol. The van der Waals surface area contributed by atoms with Crippen molar-refractivity contribution in [2.75, 3.05) is 13.7 Å². The summed E-state index contributed by atoms with van der Waals surface area (Å²) in [6, 6.07) is 9.56. The molecule has 0 amide bonds. The van der Waals surface area contributed by atoms with Crippen molar-refractivity contribution in [3.8, 4) is 5.40 Å². The second-order valence-corrected chi connectivity index (χ2v) is 7.99. The van der Waals surface area contributed by atoms with E-state index in [1.165, 1.54) is 31.4 Å². The minimum absolute atomic E-state index is 0.0409. The number of nitro benzene ring substituents is 2. The summed E-state index contributed by atoms with van der Waals surface area (Å²) in [5.74, 6) is -1.59. The fourth-order valence-electron chi connectivity index (χ4n) is 3.22. The fraction of sp³-hybridized carbons (Fsp3) is 0.286. The van der Waals surface area contributed by atoms with Gasteiger partial charge in [-0.2, -0.15) is 5.26 Å². The second-order valence-electron chi connectivity index (χ2n) is 7.03. The van der Waals surface area contributed by atoms with E-state index in [-0.39, 0.29) is 29.1 Å². The first-order chi connectivity index (χ1) is 16.7. The normalized spacial score (nSPS) is 21.0. The Morgan fingerprint density at radius 3 is 1.97 bits per heavy atom. The smallest absolute Gasteiger partial charge is 0.338 e. The van der Waals surface area contributed by atoms with Gasteiger partial charge in [-0.3, -0.25) is 20.2 Å². The van der Waals surface area contributed by atoms with Crippen molar-refractivity contribution < 1.29 is 38.4 Å². The molecule has 2 aromatic rings. The third-order valence-corrected chi connectivity index (χ3v) is 5.89. The molecule has 4 unspecified atom stereocenters. The number of thiocyanates is 1.